The van der Waals surface area contributed by atoms with Crippen LogP contribution in [0, 0.1) is 32.6 Å². The predicted molar refractivity (Wildman–Crippen MR) is 252 cm³/mol. The molecule has 19 heteroatoms. The van der Waals surface area contributed by atoms with Crippen molar-refractivity contribution in [1.82, 2.24) is 29.7 Å². The van der Waals surface area contributed by atoms with E-state index in [2.05, 4.69) is 70.3 Å². The number of rotatable bonds is 7. The molecule has 4 aliphatic rings. The second kappa shape index (κ2) is 19.0. The molecule has 342 valence electrons. The van der Waals surface area contributed by atoms with E-state index in [1.165, 1.54) is 68.3 Å². The number of fused-ring (bicyclic) bond motifs is 2. The summed E-state index contributed by atoms with van der Waals surface area (Å²) in [5.41, 5.74) is 12.0. The van der Waals surface area contributed by atoms with Gasteiger partial charge in [-0.2, -0.15) is 0 Å². The van der Waals surface area contributed by atoms with Crippen LogP contribution in [0.2, 0.25) is 10.0 Å². The maximum atomic E-state index is 13.5. The van der Waals surface area contributed by atoms with Crippen LogP contribution in [0.4, 0.5) is 54.5 Å². The molecule has 4 aliphatic heterocycles. The van der Waals surface area contributed by atoms with E-state index in [4.69, 9.17) is 28.9 Å². The molecule has 4 N–H and O–H groups in total. The van der Waals surface area contributed by atoms with Crippen molar-refractivity contribution in [2.24, 2.45) is 10.8 Å². The molecule has 2 spiro atoms. The Morgan fingerprint density at radius 3 is 1.60 bits per heavy atom. The van der Waals surface area contributed by atoms with Gasteiger partial charge in [-0.1, -0.05) is 23.2 Å². The predicted octanol–water partition coefficient (Wildman–Crippen LogP) is 9.66. The molecule has 2 aromatic heterocycles. The fourth-order valence-corrected chi connectivity index (χ4v) is 10.7. The van der Waals surface area contributed by atoms with Crippen LogP contribution in [0.3, 0.4) is 0 Å². The van der Waals surface area contributed by atoms with Crippen LogP contribution < -0.4 is 26.2 Å². The van der Waals surface area contributed by atoms with E-state index in [0.717, 1.165) is 88.2 Å². The van der Waals surface area contributed by atoms with Gasteiger partial charge in [-0.3, -0.25) is 10.1 Å². The molecule has 2 unspecified atom stereocenters. The topological polar surface area (TPSA) is 158 Å². The fourth-order valence-electron chi connectivity index (χ4n) is 10.3. The normalized spacial score (nSPS) is 21.1. The molecule has 65 heavy (non-hydrogen) atoms. The van der Waals surface area contributed by atoms with Crippen molar-refractivity contribution in [2.75, 3.05) is 92.6 Å². The number of likely N-dealkylation sites (tertiary alicyclic amines) is 2. The first kappa shape index (κ1) is 46.4. The number of nitrogen functional groups attached to an aromatic ring is 1. The zero-order chi connectivity index (χ0) is 44.8. The molecule has 6 heterocycles. The van der Waals surface area contributed by atoms with E-state index in [9.17, 15) is 18.9 Å². The number of benzene rings is 4. The summed E-state index contributed by atoms with van der Waals surface area (Å²) in [4.78, 5) is 38.6. The van der Waals surface area contributed by atoms with E-state index < -0.39 is 11.6 Å². The standard InChI is InChI=1S/C23H24ClFN6O2.C23H26ClFN6.Fe/c1-29-8-6-23(12-29)5-2-7-30(13-23)20-11-19-16(10-21(20)31(32)33)22(27-14-26-19)28-15-3-4-18(25)17(24)9-15;1-30-8-6-23(12-30)5-2-7-31(13-23)21-11-20-16(10-19(21)26)22(28-14-27-20)29-15-3-4-18(25)17(24)9-15;/h3-4,9-11,14H,2,5-8,12-13H2,1H3,(H,26,27,28);3-4,9-11,14H,2,5-8,12-13,26H2,1H3,(H,27,28,29);. The van der Waals surface area contributed by atoms with Gasteiger partial charge in [-0.05, 0) is 120 Å². The first-order valence-electron chi connectivity index (χ1n) is 21.5. The monoisotopic (exact) mass is 966 g/mol. The number of nitro benzene ring substituents is 1. The minimum atomic E-state index is -0.525. The van der Waals surface area contributed by atoms with Gasteiger partial charge in [0.05, 0.1) is 37.4 Å². The summed E-state index contributed by atoms with van der Waals surface area (Å²) >= 11 is 11.8. The van der Waals surface area contributed by atoms with Crippen LogP contribution in [-0.2, 0) is 17.1 Å². The average Bonchev–Trinajstić information content (AvgIpc) is 3.82. The third kappa shape index (κ3) is 9.86. The Morgan fingerprint density at radius 1 is 0.662 bits per heavy atom. The Labute approximate surface area is 396 Å². The molecule has 2 atom stereocenters. The molecule has 0 amide bonds. The first-order chi connectivity index (χ1) is 30.8. The summed E-state index contributed by atoms with van der Waals surface area (Å²) in [5, 5.41) is 19.7. The molecule has 6 aromatic rings. The largest absolute Gasteiger partial charge is 0.397 e. The van der Waals surface area contributed by atoms with Gasteiger partial charge in [-0.25, -0.2) is 28.7 Å². The van der Waals surface area contributed by atoms with Crippen LogP contribution in [0.1, 0.15) is 38.5 Å². The Balaban J connectivity index is 0.000000175. The maximum absolute atomic E-state index is 13.5. The molecule has 4 saturated heterocycles. The van der Waals surface area contributed by atoms with Gasteiger partial charge in [0, 0.05) is 95.4 Å². The third-order valence-corrected chi connectivity index (χ3v) is 13.9. The smallest absolute Gasteiger partial charge is 0.293 e. The van der Waals surface area contributed by atoms with Gasteiger partial charge in [0.25, 0.3) is 5.69 Å². The Kier molecular flexibility index (Phi) is 13.5. The van der Waals surface area contributed by atoms with Gasteiger partial charge >= 0.3 is 0 Å². The van der Waals surface area contributed by atoms with Crippen molar-refractivity contribution < 1.29 is 30.8 Å². The van der Waals surface area contributed by atoms with Crippen molar-refractivity contribution in [1.29, 1.82) is 0 Å². The number of nitrogens with zero attached hydrogens (tertiary/aromatic N) is 9. The summed E-state index contributed by atoms with van der Waals surface area (Å²) in [5.74, 6) is 0.0209. The van der Waals surface area contributed by atoms with Crippen molar-refractivity contribution in [3.63, 3.8) is 0 Å². The number of hydrogen-bond donors (Lipinski definition) is 3. The number of anilines is 7. The van der Waals surface area contributed by atoms with Crippen LogP contribution >= 0.6 is 23.2 Å². The molecule has 14 nitrogen and oxygen atoms in total. The van der Waals surface area contributed by atoms with Crippen molar-refractivity contribution >= 4 is 90.8 Å². The minimum absolute atomic E-state index is 0. The number of nitrogens with two attached hydrogens (primary N) is 1. The summed E-state index contributed by atoms with van der Waals surface area (Å²) in [6.07, 6.45) is 9.89. The maximum Gasteiger partial charge on any atom is 0.293 e. The van der Waals surface area contributed by atoms with E-state index >= 15 is 0 Å². The Morgan fingerprint density at radius 2 is 1.14 bits per heavy atom. The fraction of sp³-hybridized carbons (Fsp3) is 0.391. The van der Waals surface area contributed by atoms with Gasteiger partial charge in [0.2, 0.25) is 0 Å². The first-order valence-corrected chi connectivity index (χ1v) is 22.3. The van der Waals surface area contributed by atoms with E-state index in [-0.39, 0.29) is 43.1 Å². The second-order valence-corrected chi connectivity index (χ2v) is 18.8. The zero-order valence-corrected chi connectivity index (χ0v) is 38.7. The molecule has 0 radical (unpaired) electrons. The zero-order valence-electron chi connectivity index (χ0n) is 36.1. The van der Waals surface area contributed by atoms with Gasteiger partial charge < -0.3 is 36.0 Å². The number of nitro groups is 1. The number of piperidine rings is 2. The molecule has 0 aliphatic carbocycles. The van der Waals surface area contributed by atoms with Crippen molar-refractivity contribution in [3.8, 4) is 0 Å². The molecule has 0 bridgehead atoms. The molecule has 0 saturated carbocycles. The number of aromatic nitrogens is 4. The average molecular weight is 968 g/mol. The number of nitrogens with one attached hydrogen (secondary N) is 2. The third-order valence-electron chi connectivity index (χ3n) is 13.3. The molecular formula is C46H50Cl2F2FeN12O2. The summed E-state index contributed by atoms with van der Waals surface area (Å²) < 4.78 is 27.0. The quantitative estimate of drug-likeness (QED) is 0.0602. The van der Waals surface area contributed by atoms with Crippen LogP contribution in [0.15, 0.2) is 73.3 Å². The minimum Gasteiger partial charge on any atom is -0.397 e. The van der Waals surface area contributed by atoms with Gasteiger partial charge in [-0.15, -0.1) is 0 Å². The van der Waals surface area contributed by atoms with Crippen LogP contribution in [0.25, 0.3) is 21.8 Å². The summed E-state index contributed by atoms with van der Waals surface area (Å²) in [6, 6.07) is 16.0. The van der Waals surface area contributed by atoms with Crippen molar-refractivity contribution in [3.05, 3.63) is 105 Å². The van der Waals surface area contributed by atoms with Gasteiger partial charge in [0.1, 0.15) is 41.6 Å². The number of halogens is 4. The molecule has 4 fully saturated rings. The Hall–Kier alpha value is -5.16. The molecular weight excluding hydrogens is 917 g/mol. The van der Waals surface area contributed by atoms with Crippen molar-refractivity contribution in [2.45, 2.75) is 38.5 Å². The Bertz CT molecular complexity index is 2750. The van der Waals surface area contributed by atoms with Crippen LogP contribution in [0.5, 0.6) is 0 Å². The molecule has 4 aromatic carbocycles. The second-order valence-electron chi connectivity index (χ2n) is 18.0. The van der Waals surface area contributed by atoms with E-state index in [1.807, 2.05) is 6.07 Å². The summed E-state index contributed by atoms with van der Waals surface area (Å²) in [7, 11) is 4.34. The van der Waals surface area contributed by atoms with E-state index in [1.54, 1.807) is 12.1 Å². The van der Waals surface area contributed by atoms with Crippen LogP contribution in [-0.4, -0.2) is 101 Å². The van der Waals surface area contributed by atoms with E-state index in [0.29, 0.717) is 50.7 Å². The SMILES string of the molecule is CN1CCC2(CCCN(c3cc4ncnc(Nc5ccc(F)c(Cl)c5)c4cc3N)C2)C1.CN1CCC2(CCCN(c3cc4ncnc(Nc5ccc(F)c(Cl)c5)c4cc3[N+](=O)[O-])C2)C1.[Fe]. The van der Waals surface area contributed by atoms with Gasteiger partial charge in [0.15, 0.2) is 0 Å². The number of hydrogen-bond acceptors (Lipinski definition) is 13. The molecule has 10 rings (SSSR count). The summed E-state index contributed by atoms with van der Waals surface area (Å²) in [6.45, 7) is 7.99.